The van der Waals surface area contributed by atoms with Gasteiger partial charge in [-0.15, -0.1) is 0 Å². The summed E-state index contributed by atoms with van der Waals surface area (Å²) in [5.74, 6) is 0.619. The van der Waals surface area contributed by atoms with E-state index in [1.165, 1.54) is 7.11 Å². The topological polar surface area (TPSA) is 55.8 Å². The van der Waals surface area contributed by atoms with Gasteiger partial charge in [0.25, 0.3) is 0 Å². The number of nitrogens with zero attached hydrogens (tertiary/aromatic N) is 1. The number of ether oxygens (including phenoxy) is 2. The summed E-state index contributed by atoms with van der Waals surface area (Å²) in [4.78, 5) is 24.5. The van der Waals surface area contributed by atoms with E-state index in [1.807, 2.05) is 18.2 Å². The quantitative estimate of drug-likeness (QED) is 0.617. The van der Waals surface area contributed by atoms with Crippen LogP contribution in [0.3, 0.4) is 0 Å². The minimum absolute atomic E-state index is 0.0300. The number of esters is 1. The van der Waals surface area contributed by atoms with Gasteiger partial charge in [-0.3, -0.25) is 9.59 Å². The Morgan fingerprint density at radius 1 is 1.33 bits per heavy atom. The van der Waals surface area contributed by atoms with Gasteiger partial charge in [0.1, 0.15) is 12.4 Å². The molecule has 0 fully saturated rings. The first kappa shape index (κ1) is 15.4. The monoisotopic (exact) mass is 291 g/mol. The van der Waals surface area contributed by atoms with Crippen molar-refractivity contribution in [2.45, 2.75) is 32.6 Å². The number of benzene rings is 1. The van der Waals surface area contributed by atoms with Crippen LogP contribution in [0.4, 0.5) is 5.69 Å². The third kappa shape index (κ3) is 3.97. The number of rotatable bonds is 5. The average Bonchev–Trinajstić information content (AvgIpc) is 2.50. The first-order valence-electron chi connectivity index (χ1n) is 7.22. The molecular weight excluding hydrogens is 270 g/mol. The van der Waals surface area contributed by atoms with Crippen LogP contribution in [0.2, 0.25) is 0 Å². The number of carbonyl (C=O) groups is 2. The zero-order valence-electron chi connectivity index (χ0n) is 12.6. The molecule has 0 N–H and O–H groups in total. The van der Waals surface area contributed by atoms with Crippen molar-refractivity contribution >= 4 is 17.6 Å². The summed E-state index contributed by atoms with van der Waals surface area (Å²) in [5, 5.41) is 0. The molecule has 1 amide bonds. The molecule has 1 aliphatic rings. The third-order valence-corrected chi connectivity index (χ3v) is 3.59. The van der Waals surface area contributed by atoms with Gasteiger partial charge in [-0.05, 0) is 37.0 Å². The minimum atomic E-state index is -0.170. The molecule has 0 aliphatic carbocycles. The molecule has 5 nitrogen and oxygen atoms in total. The molecule has 0 aromatic heterocycles. The molecule has 5 heteroatoms. The largest absolute Gasteiger partial charge is 0.490 e. The maximum absolute atomic E-state index is 11.7. The molecule has 114 valence electrons. The Morgan fingerprint density at radius 3 is 2.86 bits per heavy atom. The molecular formula is C16H21NO4. The normalized spacial score (nSPS) is 13.3. The third-order valence-electron chi connectivity index (χ3n) is 3.59. The molecule has 0 radical (unpaired) electrons. The maximum Gasteiger partial charge on any atom is 0.305 e. The predicted molar refractivity (Wildman–Crippen MR) is 79.5 cm³/mol. The summed E-state index contributed by atoms with van der Waals surface area (Å²) >= 11 is 0. The first-order valence-corrected chi connectivity index (χ1v) is 7.22. The lowest BCUT2D eigenvalue weighted by molar-refractivity contribution is -0.140. The molecule has 1 heterocycles. The summed E-state index contributed by atoms with van der Waals surface area (Å²) in [6.07, 6.45) is 3.03. The second kappa shape index (κ2) is 7.11. The average molecular weight is 291 g/mol. The van der Waals surface area contributed by atoms with Gasteiger partial charge in [0.2, 0.25) is 5.91 Å². The van der Waals surface area contributed by atoms with Crippen LogP contribution in [0, 0.1) is 0 Å². The summed E-state index contributed by atoms with van der Waals surface area (Å²) in [5.41, 5.74) is 1.99. The Hall–Kier alpha value is -2.04. The van der Waals surface area contributed by atoms with Crippen LogP contribution in [0.5, 0.6) is 5.75 Å². The van der Waals surface area contributed by atoms with Crippen LogP contribution in [0.1, 0.15) is 31.7 Å². The second-order valence-electron chi connectivity index (χ2n) is 5.10. The molecule has 2 rings (SSSR count). The summed E-state index contributed by atoms with van der Waals surface area (Å²) in [6.45, 7) is 2.69. The number of methoxy groups -OCH3 is 1. The number of aryl methyl sites for hydroxylation is 1. The highest BCUT2D eigenvalue weighted by atomic mass is 16.5. The lowest BCUT2D eigenvalue weighted by Gasteiger charge is -2.29. The lowest BCUT2D eigenvalue weighted by Crippen LogP contribution is -2.36. The van der Waals surface area contributed by atoms with Crippen LogP contribution >= 0.6 is 0 Å². The van der Waals surface area contributed by atoms with E-state index in [4.69, 9.17) is 4.74 Å². The van der Waals surface area contributed by atoms with Gasteiger partial charge in [0.15, 0.2) is 0 Å². The van der Waals surface area contributed by atoms with Crippen molar-refractivity contribution in [1.29, 1.82) is 0 Å². The van der Waals surface area contributed by atoms with Crippen molar-refractivity contribution in [3.8, 4) is 5.75 Å². The second-order valence-corrected chi connectivity index (χ2v) is 5.10. The highest BCUT2D eigenvalue weighted by Crippen LogP contribution is 2.32. The summed E-state index contributed by atoms with van der Waals surface area (Å²) < 4.78 is 10.2. The predicted octanol–water partition coefficient (Wildman–Crippen LogP) is 2.32. The maximum atomic E-state index is 11.7. The number of fused-ring (bicyclic) bond motifs is 1. The van der Waals surface area contributed by atoms with Crippen molar-refractivity contribution in [3.63, 3.8) is 0 Å². The highest BCUT2D eigenvalue weighted by Gasteiger charge is 2.21. The fraction of sp³-hybridized carbons (Fsp3) is 0.500. The number of hydrogen-bond acceptors (Lipinski definition) is 4. The van der Waals surface area contributed by atoms with Crippen molar-refractivity contribution in [2.24, 2.45) is 0 Å². The summed E-state index contributed by atoms with van der Waals surface area (Å²) in [6, 6.07) is 5.94. The van der Waals surface area contributed by atoms with E-state index in [0.717, 1.165) is 36.3 Å². The number of amides is 1. The highest BCUT2D eigenvalue weighted by molar-refractivity contribution is 5.93. The fourth-order valence-electron chi connectivity index (χ4n) is 2.45. The van der Waals surface area contributed by atoms with Gasteiger partial charge in [-0.1, -0.05) is 6.07 Å². The van der Waals surface area contributed by atoms with Crippen molar-refractivity contribution in [1.82, 2.24) is 0 Å². The van der Waals surface area contributed by atoms with E-state index in [0.29, 0.717) is 19.6 Å². The Bertz CT molecular complexity index is 527. The lowest BCUT2D eigenvalue weighted by atomic mass is 10.0. The standard InChI is InChI=1S/C16H21NO4/c1-12(18)17-9-10-21-15-8-7-13(11-14(15)17)5-3-4-6-16(19)20-2/h7-8,11H,3-6,9-10H2,1-2H3. The Kier molecular flexibility index (Phi) is 5.20. The molecule has 1 aromatic rings. The molecule has 0 unspecified atom stereocenters. The molecule has 1 aliphatic heterocycles. The smallest absolute Gasteiger partial charge is 0.305 e. The van der Waals surface area contributed by atoms with Gasteiger partial charge in [0.05, 0.1) is 19.3 Å². The first-order chi connectivity index (χ1) is 10.1. The van der Waals surface area contributed by atoms with Gasteiger partial charge in [0, 0.05) is 13.3 Å². The van der Waals surface area contributed by atoms with Crippen LogP contribution < -0.4 is 9.64 Å². The van der Waals surface area contributed by atoms with E-state index < -0.39 is 0 Å². The SMILES string of the molecule is COC(=O)CCCCc1ccc2c(c1)N(C(C)=O)CCO2. The molecule has 0 atom stereocenters. The number of unbranched alkanes of at least 4 members (excludes halogenated alkanes) is 1. The number of hydrogen-bond donors (Lipinski definition) is 0. The van der Waals surface area contributed by atoms with E-state index in [9.17, 15) is 9.59 Å². The number of anilines is 1. The Balaban J connectivity index is 1.98. The van der Waals surface area contributed by atoms with Crippen molar-refractivity contribution < 1.29 is 19.1 Å². The zero-order valence-corrected chi connectivity index (χ0v) is 12.6. The van der Waals surface area contributed by atoms with E-state index in [1.54, 1.807) is 11.8 Å². The molecule has 0 saturated heterocycles. The summed E-state index contributed by atoms with van der Waals surface area (Å²) in [7, 11) is 1.40. The van der Waals surface area contributed by atoms with Gasteiger partial charge >= 0.3 is 5.97 Å². The molecule has 0 spiro atoms. The molecule has 1 aromatic carbocycles. The van der Waals surface area contributed by atoms with Crippen LogP contribution in [-0.4, -0.2) is 32.1 Å². The number of carbonyl (C=O) groups excluding carboxylic acids is 2. The van der Waals surface area contributed by atoms with Crippen molar-refractivity contribution in [2.75, 3.05) is 25.2 Å². The van der Waals surface area contributed by atoms with Crippen molar-refractivity contribution in [3.05, 3.63) is 23.8 Å². The Morgan fingerprint density at radius 2 is 2.14 bits per heavy atom. The van der Waals surface area contributed by atoms with E-state index in [2.05, 4.69) is 4.74 Å². The van der Waals surface area contributed by atoms with Gasteiger partial charge in [-0.25, -0.2) is 0 Å². The van der Waals surface area contributed by atoms with E-state index >= 15 is 0 Å². The van der Waals surface area contributed by atoms with Gasteiger partial charge < -0.3 is 14.4 Å². The van der Waals surface area contributed by atoms with Crippen LogP contribution in [0.25, 0.3) is 0 Å². The molecule has 21 heavy (non-hydrogen) atoms. The van der Waals surface area contributed by atoms with Crippen LogP contribution in [-0.2, 0) is 20.7 Å². The Labute approximate surface area is 124 Å². The minimum Gasteiger partial charge on any atom is -0.490 e. The van der Waals surface area contributed by atoms with Crippen LogP contribution in [0.15, 0.2) is 18.2 Å². The fourth-order valence-corrected chi connectivity index (χ4v) is 2.45. The molecule has 0 bridgehead atoms. The van der Waals surface area contributed by atoms with E-state index in [-0.39, 0.29) is 11.9 Å². The molecule has 0 saturated carbocycles. The zero-order chi connectivity index (χ0) is 15.2. The van der Waals surface area contributed by atoms with Gasteiger partial charge in [-0.2, -0.15) is 0 Å².